The molecule has 0 fully saturated rings. The number of unbranched alkanes of at least 4 members (excludes halogenated alkanes) is 23. The van der Waals surface area contributed by atoms with Crippen molar-refractivity contribution in [2.45, 2.75) is 206 Å². The van der Waals surface area contributed by atoms with Crippen molar-refractivity contribution in [2.75, 3.05) is 54.1 Å². The summed E-state index contributed by atoms with van der Waals surface area (Å²) >= 11 is 0. The van der Waals surface area contributed by atoms with E-state index in [1.54, 1.807) is 0 Å². The van der Waals surface area contributed by atoms with Gasteiger partial charge in [0.25, 0.3) is 0 Å². The second-order valence-corrected chi connectivity index (χ2v) is 18.2. The van der Waals surface area contributed by atoms with Gasteiger partial charge in [0.05, 0.1) is 34.4 Å². The first kappa shape index (κ1) is 54.7. The number of likely N-dealkylation sites (N-methyl/N-ethyl adjacent to an activating group) is 1. The van der Waals surface area contributed by atoms with E-state index in [1.165, 1.54) is 141 Å². The Morgan fingerprint density at radius 1 is 0.554 bits per heavy atom. The molecule has 0 saturated heterocycles. The normalized spacial score (nSPS) is 14.0. The van der Waals surface area contributed by atoms with Crippen LogP contribution in [0.15, 0.2) is 36.5 Å². The van der Waals surface area contributed by atoms with E-state index in [0.717, 1.165) is 38.5 Å². The van der Waals surface area contributed by atoms with E-state index in [9.17, 15) is 14.3 Å². The van der Waals surface area contributed by atoms with Crippen LogP contribution >= 0.6 is 7.82 Å². The Morgan fingerprint density at radius 2 is 1.02 bits per heavy atom. The molecule has 1 N–H and O–H groups in total. The third kappa shape index (κ3) is 43.8. The van der Waals surface area contributed by atoms with Gasteiger partial charge in [-0.2, -0.15) is 0 Å². The van der Waals surface area contributed by atoms with Crippen molar-refractivity contribution < 1.29 is 37.3 Å². The summed E-state index contributed by atoms with van der Waals surface area (Å²) in [6.45, 7) is 5.55. The number of carbonyl (C=O) groups excluding carboxylic acids is 1. The lowest BCUT2D eigenvalue weighted by atomic mass is 10.0. The van der Waals surface area contributed by atoms with E-state index in [-0.39, 0.29) is 25.8 Å². The van der Waals surface area contributed by atoms with Gasteiger partial charge in [0.15, 0.2) is 0 Å². The minimum Gasteiger partial charge on any atom is -0.457 e. The van der Waals surface area contributed by atoms with Crippen molar-refractivity contribution in [3.63, 3.8) is 0 Å². The van der Waals surface area contributed by atoms with Crippen molar-refractivity contribution in [2.24, 2.45) is 0 Å². The molecule has 8 nitrogen and oxygen atoms in total. The lowest BCUT2D eigenvalue weighted by molar-refractivity contribution is -0.870. The standard InChI is InChI=1S/C47H90NO7P/c1-6-8-10-12-14-16-18-19-20-21-22-23-24-25-26-27-28-29-30-32-34-36-38-40-47(49)55-46(45-54-56(50,51)53-43-41-48(3,4)5)44-52-42-39-37-35-33-31-17-15-13-11-9-7-2/h11,13,18-19,21-22,46H,6-10,12,14-17,20,23-45H2,1-5H3/p+1/b13-11-,19-18-,22-21-. The molecule has 0 aromatic carbocycles. The molecule has 56 heavy (non-hydrogen) atoms. The van der Waals surface area contributed by atoms with Gasteiger partial charge in [0.1, 0.15) is 19.3 Å². The molecule has 2 unspecified atom stereocenters. The summed E-state index contributed by atoms with van der Waals surface area (Å²) in [5, 5.41) is 0. The Hall–Kier alpha value is -1.28. The predicted octanol–water partition coefficient (Wildman–Crippen LogP) is 13.8. The van der Waals surface area contributed by atoms with Crippen LogP contribution in [0.5, 0.6) is 0 Å². The Morgan fingerprint density at radius 3 is 1.54 bits per heavy atom. The molecule has 330 valence electrons. The number of allylic oxidation sites excluding steroid dienone is 6. The van der Waals surface area contributed by atoms with E-state index < -0.39 is 13.9 Å². The fraction of sp³-hybridized carbons (Fsp3) is 0.851. The largest absolute Gasteiger partial charge is 0.472 e. The van der Waals surface area contributed by atoms with E-state index >= 15 is 0 Å². The molecule has 0 aliphatic carbocycles. The van der Waals surface area contributed by atoms with Crippen molar-refractivity contribution in [3.05, 3.63) is 36.5 Å². The minimum absolute atomic E-state index is 0.0871. The Kier molecular flexibility index (Phi) is 39.6. The molecule has 2 atom stereocenters. The molecular formula is C47H91NO7P+. The second kappa shape index (κ2) is 40.5. The lowest BCUT2D eigenvalue weighted by Crippen LogP contribution is -2.37. The van der Waals surface area contributed by atoms with Crippen LogP contribution in [-0.4, -0.2) is 75.6 Å². The highest BCUT2D eigenvalue weighted by atomic mass is 31.2. The number of rotatable bonds is 43. The molecule has 0 amide bonds. The number of quaternary nitrogens is 1. The Bertz CT molecular complexity index is 994. The first-order valence-electron chi connectivity index (χ1n) is 23.2. The number of nitrogens with zero attached hydrogens (tertiary/aromatic N) is 1. The summed E-state index contributed by atoms with van der Waals surface area (Å²) in [6.07, 6.45) is 47.5. The first-order chi connectivity index (χ1) is 27.1. The van der Waals surface area contributed by atoms with Crippen LogP contribution in [0.25, 0.3) is 0 Å². The monoisotopic (exact) mass is 813 g/mol. The van der Waals surface area contributed by atoms with Gasteiger partial charge in [-0.15, -0.1) is 0 Å². The summed E-state index contributed by atoms with van der Waals surface area (Å²) in [5.74, 6) is -0.318. The van der Waals surface area contributed by atoms with Crippen LogP contribution in [0.1, 0.15) is 200 Å². The number of hydrogen-bond donors (Lipinski definition) is 1. The maximum absolute atomic E-state index is 12.7. The average molecular weight is 813 g/mol. The van der Waals surface area contributed by atoms with Gasteiger partial charge in [-0.25, -0.2) is 4.57 Å². The van der Waals surface area contributed by atoms with E-state index in [4.69, 9.17) is 18.5 Å². The van der Waals surface area contributed by atoms with Gasteiger partial charge in [-0.1, -0.05) is 166 Å². The zero-order valence-corrected chi connectivity index (χ0v) is 38.3. The summed E-state index contributed by atoms with van der Waals surface area (Å²) in [6, 6.07) is 0. The summed E-state index contributed by atoms with van der Waals surface area (Å²) < 4.78 is 35.0. The van der Waals surface area contributed by atoms with Crippen LogP contribution in [-0.2, 0) is 27.9 Å². The average Bonchev–Trinajstić information content (AvgIpc) is 3.15. The van der Waals surface area contributed by atoms with Gasteiger partial charge in [-0.3, -0.25) is 13.8 Å². The van der Waals surface area contributed by atoms with Crippen LogP contribution in [0.4, 0.5) is 0 Å². The summed E-state index contributed by atoms with van der Waals surface area (Å²) in [7, 11) is 1.66. The molecule has 0 aromatic heterocycles. The minimum atomic E-state index is -4.27. The van der Waals surface area contributed by atoms with Gasteiger partial charge >= 0.3 is 13.8 Å². The fourth-order valence-electron chi connectivity index (χ4n) is 6.29. The smallest absolute Gasteiger partial charge is 0.457 e. The first-order valence-corrected chi connectivity index (χ1v) is 24.7. The third-order valence-corrected chi connectivity index (χ3v) is 10.9. The van der Waals surface area contributed by atoms with Crippen molar-refractivity contribution >= 4 is 13.8 Å². The zero-order valence-electron chi connectivity index (χ0n) is 37.4. The molecule has 9 heteroatoms. The topological polar surface area (TPSA) is 91.3 Å². The number of esters is 1. The molecule has 0 aliphatic heterocycles. The number of phosphoric ester groups is 1. The highest BCUT2D eigenvalue weighted by Gasteiger charge is 2.26. The molecule has 0 saturated carbocycles. The molecule has 0 rings (SSSR count). The fourth-order valence-corrected chi connectivity index (χ4v) is 7.03. The summed E-state index contributed by atoms with van der Waals surface area (Å²) in [4.78, 5) is 22.9. The van der Waals surface area contributed by atoms with Gasteiger partial charge < -0.3 is 18.9 Å². The van der Waals surface area contributed by atoms with Crippen LogP contribution < -0.4 is 0 Å². The highest BCUT2D eigenvalue weighted by molar-refractivity contribution is 7.47. The molecule has 0 spiro atoms. The lowest BCUT2D eigenvalue weighted by Gasteiger charge is -2.24. The van der Waals surface area contributed by atoms with Gasteiger partial charge in [0, 0.05) is 13.0 Å². The number of hydrogen-bond acceptors (Lipinski definition) is 6. The van der Waals surface area contributed by atoms with E-state index in [0.29, 0.717) is 24.1 Å². The van der Waals surface area contributed by atoms with Crippen LogP contribution in [0.2, 0.25) is 0 Å². The highest BCUT2D eigenvalue weighted by Crippen LogP contribution is 2.43. The predicted molar refractivity (Wildman–Crippen MR) is 238 cm³/mol. The maximum Gasteiger partial charge on any atom is 0.472 e. The quantitative estimate of drug-likeness (QED) is 0.0215. The molecule has 0 bridgehead atoms. The van der Waals surface area contributed by atoms with Crippen molar-refractivity contribution in [1.82, 2.24) is 0 Å². The number of ether oxygens (including phenoxy) is 2. The van der Waals surface area contributed by atoms with Crippen molar-refractivity contribution in [1.29, 1.82) is 0 Å². The second-order valence-electron chi connectivity index (χ2n) is 16.8. The Labute approximate surface area is 346 Å². The third-order valence-electron chi connectivity index (χ3n) is 9.90. The molecule has 0 aromatic rings. The molecular weight excluding hydrogens is 721 g/mol. The number of phosphoric acid groups is 1. The Balaban J connectivity index is 4.11. The maximum atomic E-state index is 12.7. The zero-order chi connectivity index (χ0) is 41.3. The van der Waals surface area contributed by atoms with E-state index in [2.05, 4.69) is 50.3 Å². The van der Waals surface area contributed by atoms with Crippen molar-refractivity contribution in [3.8, 4) is 0 Å². The van der Waals surface area contributed by atoms with Crippen LogP contribution in [0.3, 0.4) is 0 Å². The SMILES string of the molecule is CCC/C=C\CCCCCCCCOCC(COP(=O)(O)OCC[N+](C)(C)C)OC(=O)CCCCCCCCCCCCC/C=C\C/C=C\CCCCCCC. The number of carbonyl (C=O) groups is 1. The molecule has 0 aliphatic rings. The van der Waals surface area contributed by atoms with Gasteiger partial charge in [0.2, 0.25) is 0 Å². The van der Waals surface area contributed by atoms with Gasteiger partial charge in [-0.05, 0) is 64.2 Å². The summed E-state index contributed by atoms with van der Waals surface area (Å²) in [5.41, 5.74) is 0. The molecule has 0 heterocycles. The van der Waals surface area contributed by atoms with Crippen LogP contribution in [0, 0.1) is 0 Å². The molecule has 0 radical (unpaired) electrons. The van der Waals surface area contributed by atoms with E-state index in [1.807, 2.05) is 21.1 Å².